The summed E-state index contributed by atoms with van der Waals surface area (Å²) < 4.78 is 5.71. The highest BCUT2D eigenvalue weighted by molar-refractivity contribution is 5.97. The van der Waals surface area contributed by atoms with Crippen LogP contribution in [0.15, 0.2) is 54.7 Å². The molecule has 0 atom stereocenters. The number of primary amides is 1. The standard InChI is InChI=1S/C21H22N6O2/c22-19(28)16-13-25-21(27-20(16)24-12-14-5-2-1-3-6-14)26-15-7-8-18-17(11-15)23-9-4-10-29-18/h1-3,5-8,11,13,23H,4,9-10,12H2,(H2,22,28)(H2,24,25,26,27). The van der Waals surface area contributed by atoms with Crippen LogP contribution in [0.25, 0.3) is 0 Å². The van der Waals surface area contributed by atoms with Crippen molar-refractivity contribution in [3.8, 4) is 5.75 Å². The van der Waals surface area contributed by atoms with Crippen LogP contribution < -0.4 is 26.4 Å². The zero-order valence-electron chi connectivity index (χ0n) is 15.8. The van der Waals surface area contributed by atoms with E-state index in [9.17, 15) is 4.79 Å². The Labute approximate surface area is 168 Å². The summed E-state index contributed by atoms with van der Waals surface area (Å²) in [6, 6.07) is 15.6. The number of nitrogens with two attached hydrogens (primary N) is 1. The van der Waals surface area contributed by atoms with Crippen molar-refractivity contribution in [2.24, 2.45) is 5.73 Å². The molecule has 0 saturated carbocycles. The second kappa shape index (κ2) is 8.47. The molecule has 2 aromatic carbocycles. The third-order valence-corrected chi connectivity index (χ3v) is 4.49. The Balaban J connectivity index is 1.54. The van der Waals surface area contributed by atoms with Crippen LogP contribution in [0.5, 0.6) is 5.75 Å². The molecule has 148 valence electrons. The van der Waals surface area contributed by atoms with Gasteiger partial charge < -0.3 is 26.4 Å². The van der Waals surface area contributed by atoms with Crippen LogP contribution in [0.3, 0.4) is 0 Å². The summed E-state index contributed by atoms with van der Waals surface area (Å²) in [7, 11) is 0. The van der Waals surface area contributed by atoms with Gasteiger partial charge in [0.15, 0.2) is 0 Å². The van der Waals surface area contributed by atoms with Crippen LogP contribution in [0, 0.1) is 0 Å². The van der Waals surface area contributed by atoms with Crippen molar-refractivity contribution >= 4 is 29.0 Å². The van der Waals surface area contributed by atoms with Crippen LogP contribution in [-0.2, 0) is 6.54 Å². The van der Waals surface area contributed by atoms with Crippen molar-refractivity contribution < 1.29 is 9.53 Å². The molecule has 5 N–H and O–H groups in total. The van der Waals surface area contributed by atoms with E-state index in [1.54, 1.807) is 0 Å². The average Bonchev–Trinajstić information content (AvgIpc) is 2.98. The highest BCUT2D eigenvalue weighted by Crippen LogP contribution is 2.30. The van der Waals surface area contributed by atoms with Gasteiger partial charge in [-0.25, -0.2) is 4.98 Å². The molecule has 0 fully saturated rings. The smallest absolute Gasteiger partial charge is 0.254 e. The minimum atomic E-state index is -0.585. The maximum absolute atomic E-state index is 11.8. The van der Waals surface area contributed by atoms with Crippen LogP contribution in [-0.4, -0.2) is 29.0 Å². The third kappa shape index (κ3) is 4.55. The highest BCUT2D eigenvalue weighted by atomic mass is 16.5. The first-order valence-corrected chi connectivity index (χ1v) is 9.41. The molecule has 3 aromatic rings. The molecule has 8 heteroatoms. The number of nitrogens with one attached hydrogen (secondary N) is 3. The van der Waals surface area contributed by atoms with Crippen LogP contribution in [0.2, 0.25) is 0 Å². The van der Waals surface area contributed by atoms with Crippen molar-refractivity contribution in [2.75, 3.05) is 29.1 Å². The number of carbonyl (C=O) groups excluding carboxylic acids is 1. The Hall–Kier alpha value is -3.81. The zero-order valence-corrected chi connectivity index (χ0v) is 15.8. The second-order valence-corrected chi connectivity index (χ2v) is 6.62. The normalized spacial score (nSPS) is 12.7. The Kier molecular flexibility index (Phi) is 5.42. The molecule has 1 aliphatic heterocycles. The maximum Gasteiger partial charge on any atom is 0.254 e. The molecule has 0 radical (unpaired) electrons. The summed E-state index contributed by atoms with van der Waals surface area (Å²) in [6.45, 7) is 2.06. The van der Waals surface area contributed by atoms with Crippen molar-refractivity contribution in [3.05, 3.63) is 65.9 Å². The summed E-state index contributed by atoms with van der Waals surface area (Å²) in [5, 5.41) is 9.69. The van der Waals surface area contributed by atoms with E-state index >= 15 is 0 Å². The molecule has 1 aromatic heterocycles. The lowest BCUT2D eigenvalue weighted by Crippen LogP contribution is -2.17. The number of hydrogen-bond donors (Lipinski definition) is 4. The predicted octanol–water partition coefficient (Wildman–Crippen LogP) is 3.13. The van der Waals surface area contributed by atoms with Gasteiger partial charge in [-0.05, 0) is 30.2 Å². The van der Waals surface area contributed by atoms with Crippen molar-refractivity contribution in [2.45, 2.75) is 13.0 Å². The highest BCUT2D eigenvalue weighted by Gasteiger charge is 2.13. The number of nitrogens with zero attached hydrogens (tertiary/aromatic N) is 2. The number of aromatic nitrogens is 2. The molecule has 1 aliphatic rings. The van der Waals surface area contributed by atoms with Crippen molar-refractivity contribution in [3.63, 3.8) is 0 Å². The Bertz CT molecular complexity index is 1010. The van der Waals surface area contributed by atoms with Gasteiger partial charge >= 0.3 is 0 Å². The van der Waals surface area contributed by atoms with Crippen molar-refractivity contribution in [1.29, 1.82) is 0 Å². The fraction of sp³-hybridized carbons (Fsp3) is 0.190. The number of benzene rings is 2. The van der Waals surface area contributed by atoms with E-state index in [1.165, 1.54) is 6.20 Å². The number of fused-ring (bicyclic) bond motifs is 1. The molecule has 8 nitrogen and oxygen atoms in total. The molecule has 0 saturated heterocycles. The summed E-state index contributed by atoms with van der Waals surface area (Å²) in [4.78, 5) is 20.4. The van der Waals surface area contributed by atoms with Gasteiger partial charge in [0.25, 0.3) is 5.91 Å². The van der Waals surface area contributed by atoms with Gasteiger partial charge in [-0.3, -0.25) is 4.79 Å². The number of rotatable bonds is 6. The van der Waals surface area contributed by atoms with Crippen LogP contribution in [0.4, 0.5) is 23.1 Å². The molecule has 0 spiro atoms. The number of hydrogen-bond acceptors (Lipinski definition) is 7. The van der Waals surface area contributed by atoms with Gasteiger partial charge in [0, 0.05) is 25.0 Å². The zero-order chi connectivity index (χ0) is 20.1. The topological polar surface area (TPSA) is 114 Å². The Morgan fingerprint density at radius 1 is 1.21 bits per heavy atom. The van der Waals surface area contributed by atoms with Gasteiger partial charge in [-0.2, -0.15) is 4.98 Å². The van der Waals surface area contributed by atoms with E-state index in [0.717, 1.165) is 35.7 Å². The van der Waals surface area contributed by atoms with E-state index < -0.39 is 5.91 Å². The summed E-state index contributed by atoms with van der Waals surface area (Å²) >= 11 is 0. The van der Waals surface area contributed by atoms with Crippen LogP contribution >= 0.6 is 0 Å². The Morgan fingerprint density at radius 2 is 2.07 bits per heavy atom. The first kappa shape index (κ1) is 18.5. The molecular weight excluding hydrogens is 368 g/mol. The molecule has 0 aliphatic carbocycles. The summed E-state index contributed by atoms with van der Waals surface area (Å²) in [6.07, 6.45) is 2.38. The van der Waals surface area contributed by atoms with Crippen LogP contribution in [0.1, 0.15) is 22.3 Å². The Morgan fingerprint density at radius 3 is 2.90 bits per heavy atom. The lowest BCUT2D eigenvalue weighted by atomic mass is 10.2. The number of ether oxygens (including phenoxy) is 1. The second-order valence-electron chi connectivity index (χ2n) is 6.62. The van der Waals surface area contributed by atoms with Gasteiger partial charge in [0.1, 0.15) is 11.6 Å². The molecule has 29 heavy (non-hydrogen) atoms. The quantitative estimate of drug-likeness (QED) is 0.511. The number of amides is 1. The van der Waals surface area contributed by atoms with E-state index in [1.807, 2.05) is 48.5 Å². The first-order chi connectivity index (χ1) is 14.2. The van der Waals surface area contributed by atoms with E-state index in [0.29, 0.717) is 24.9 Å². The molecule has 4 rings (SSSR count). The van der Waals surface area contributed by atoms with Gasteiger partial charge in [-0.15, -0.1) is 0 Å². The summed E-state index contributed by atoms with van der Waals surface area (Å²) in [5.41, 5.74) is 8.51. The molecule has 0 unspecified atom stereocenters. The minimum absolute atomic E-state index is 0.239. The van der Waals surface area contributed by atoms with E-state index in [-0.39, 0.29) is 5.56 Å². The number of anilines is 4. The molecule has 0 bridgehead atoms. The molecular formula is C21H22N6O2. The van der Waals surface area contributed by atoms with Gasteiger partial charge in [0.05, 0.1) is 17.9 Å². The molecule has 2 heterocycles. The lowest BCUT2D eigenvalue weighted by Gasteiger charge is -2.13. The van der Waals surface area contributed by atoms with Gasteiger partial charge in [-0.1, -0.05) is 30.3 Å². The minimum Gasteiger partial charge on any atom is -0.491 e. The SMILES string of the molecule is NC(=O)c1cnc(Nc2ccc3c(c2)NCCCO3)nc1NCc1ccccc1. The lowest BCUT2D eigenvalue weighted by molar-refractivity contribution is 0.100. The molecule has 1 amide bonds. The first-order valence-electron chi connectivity index (χ1n) is 9.41. The third-order valence-electron chi connectivity index (χ3n) is 4.49. The fourth-order valence-electron chi connectivity index (χ4n) is 3.02. The van der Waals surface area contributed by atoms with Crippen molar-refractivity contribution in [1.82, 2.24) is 9.97 Å². The fourth-order valence-corrected chi connectivity index (χ4v) is 3.02. The van der Waals surface area contributed by atoms with E-state index in [2.05, 4.69) is 25.9 Å². The monoisotopic (exact) mass is 390 g/mol. The maximum atomic E-state index is 11.8. The predicted molar refractivity (Wildman–Crippen MR) is 113 cm³/mol. The number of carbonyl (C=O) groups is 1. The largest absolute Gasteiger partial charge is 0.491 e. The summed E-state index contributed by atoms with van der Waals surface area (Å²) in [5.74, 6) is 0.983. The van der Waals surface area contributed by atoms with Gasteiger partial charge in [0.2, 0.25) is 5.95 Å². The van der Waals surface area contributed by atoms with E-state index in [4.69, 9.17) is 10.5 Å². The average molecular weight is 390 g/mol.